The van der Waals surface area contributed by atoms with Gasteiger partial charge in [0.15, 0.2) is 0 Å². The lowest BCUT2D eigenvalue weighted by Crippen LogP contribution is -2.49. The number of alkyl halides is 3. The largest absolute Gasteiger partial charge is 0.573 e. The number of nitrogens with two attached hydrogens (primary N) is 1. The van der Waals surface area contributed by atoms with E-state index in [9.17, 15) is 21.6 Å². The van der Waals surface area contributed by atoms with Crippen LogP contribution in [-0.2, 0) is 10.0 Å². The molecule has 1 rings (SSSR count). The number of rotatable bonds is 7. The fourth-order valence-electron chi connectivity index (χ4n) is 1.66. The summed E-state index contributed by atoms with van der Waals surface area (Å²) >= 11 is 0. The number of benzene rings is 1. The second kappa shape index (κ2) is 8.18. The van der Waals surface area contributed by atoms with Crippen LogP contribution in [0.25, 0.3) is 0 Å². The molecule has 134 valence electrons. The Morgan fingerprint density at radius 1 is 1.22 bits per heavy atom. The van der Waals surface area contributed by atoms with Gasteiger partial charge in [-0.2, -0.15) is 0 Å². The molecule has 0 aliphatic carbocycles. The topological polar surface area (TPSA) is 81.4 Å². The summed E-state index contributed by atoms with van der Waals surface area (Å²) < 4.78 is 66.8. The lowest BCUT2D eigenvalue weighted by Gasteiger charge is -2.26. The summed E-state index contributed by atoms with van der Waals surface area (Å²) in [6.07, 6.45) is -3.76. The maximum Gasteiger partial charge on any atom is 0.573 e. The van der Waals surface area contributed by atoms with Gasteiger partial charge in [-0.15, -0.1) is 25.6 Å². The third kappa shape index (κ3) is 6.94. The number of ether oxygens (including phenoxy) is 1. The van der Waals surface area contributed by atoms with Crippen molar-refractivity contribution in [3.8, 4) is 5.75 Å². The van der Waals surface area contributed by atoms with Gasteiger partial charge in [-0.25, -0.2) is 13.1 Å². The van der Waals surface area contributed by atoms with Crippen LogP contribution >= 0.6 is 12.4 Å². The van der Waals surface area contributed by atoms with Crippen molar-refractivity contribution in [3.63, 3.8) is 0 Å². The van der Waals surface area contributed by atoms with Crippen LogP contribution in [0.5, 0.6) is 5.75 Å². The van der Waals surface area contributed by atoms with Gasteiger partial charge in [0.25, 0.3) is 0 Å². The van der Waals surface area contributed by atoms with Crippen molar-refractivity contribution in [2.24, 2.45) is 5.73 Å². The first-order valence-corrected chi connectivity index (χ1v) is 8.14. The summed E-state index contributed by atoms with van der Waals surface area (Å²) in [4.78, 5) is -0.316. The Morgan fingerprint density at radius 3 is 2.26 bits per heavy atom. The molecule has 0 saturated heterocycles. The van der Waals surface area contributed by atoms with Gasteiger partial charge in [0, 0.05) is 18.2 Å². The predicted octanol–water partition coefficient (Wildman–Crippen LogP) is 2.80. The summed E-state index contributed by atoms with van der Waals surface area (Å²) in [7, 11) is -3.97. The summed E-state index contributed by atoms with van der Waals surface area (Å²) in [5, 5.41) is 0. The average molecular weight is 377 g/mol. The molecule has 23 heavy (non-hydrogen) atoms. The highest BCUT2D eigenvalue weighted by Gasteiger charge is 2.31. The van der Waals surface area contributed by atoms with Crippen molar-refractivity contribution < 1.29 is 26.3 Å². The molecular formula is C13H20ClF3N2O3S. The van der Waals surface area contributed by atoms with Gasteiger partial charge in [-0.3, -0.25) is 0 Å². The fourth-order valence-corrected chi connectivity index (χ4v) is 2.83. The molecule has 0 saturated carbocycles. The van der Waals surface area contributed by atoms with E-state index in [0.29, 0.717) is 12.8 Å². The van der Waals surface area contributed by atoms with E-state index in [1.165, 1.54) is 12.1 Å². The number of sulfonamides is 1. The van der Waals surface area contributed by atoms with Crippen molar-refractivity contribution in [3.05, 3.63) is 24.3 Å². The molecule has 0 bridgehead atoms. The molecule has 5 nitrogen and oxygen atoms in total. The Labute approximate surface area is 139 Å². The first-order chi connectivity index (χ1) is 10.0. The SMILES string of the molecule is CCC(N)(CC)CNS(=O)(=O)c1cccc(OC(F)(F)F)c1.Cl. The van der Waals surface area contributed by atoms with E-state index >= 15 is 0 Å². The highest BCUT2D eigenvalue weighted by molar-refractivity contribution is 7.89. The molecule has 0 aliphatic heterocycles. The third-order valence-corrected chi connectivity index (χ3v) is 4.77. The third-order valence-electron chi connectivity index (χ3n) is 3.37. The van der Waals surface area contributed by atoms with Crippen LogP contribution < -0.4 is 15.2 Å². The molecule has 0 heterocycles. The van der Waals surface area contributed by atoms with E-state index in [-0.39, 0.29) is 23.8 Å². The van der Waals surface area contributed by atoms with Gasteiger partial charge in [-0.1, -0.05) is 19.9 Å². The monoisotopic (exact) mass is 376 g/mol. The predicted molar refractivity (Wildman–Crippen MR) is 83.1 cm³/mol. The zero-order chi connectivity index (χ0) is 17.0. The maximum atomic E-state index is 12.2. The highest BCUT2D eigenvalue weighted by atomic mass is 35.5. The van der Waals surface area contributed by atoms with Crippen LogP contribution in [0.15, 0.2) is 29.2 Å². The van der Waals surface area contributed by atoms with E-state index in [0.717, 1.165) is 12.1 Å². The second-order valence-electron chi connectivity index (χ2n) is 4.92. The van der Waals surface area contributed by atoms with Gasteiger partial charge in [0.05, 0.1) is 4.90 Å². The van der Waals surface area contributed by atoms with Gasteiger partial charge < -0.3 is 10.5 Å². The van der Waals surface area contributed by atoms with Crippen molar-refractivity contribution in [2.45, 2.75) is 43.5 Å². The summed E-state index contributed by atoms with van der Waals surface area (Å²) in [5.74, 6) is -0.597. The van der Waals surface area contributed by atoms with Crippen molar-refractivity contribution in [1.29, 1.82) is 0 Å². The van der Waals surface area contributed by atoms with Gasteiger partial charge in [0.1, 0.15) is 5.75 Å². The Balaban J connectivity index is 0.00000484. The Bertz CT molecular complexity index is 605. The van der Waals surface area contributed by atoms with Crippen LogP contribution in [0.3, 0.4) is 0 Å². The highest BCUT2D eigenvalue weighted by Crippen LogP contribution is 2.25. The van der Waals surface area contributed by atoms with E-state index in [1.54, 1.807) is 0 Å². The summed E-state index contributed by atoms with van der Waals surface area (Å²) in [6.45, 7) is 3.65. The molecule has 0 fully saturated rings. The Kier molecular flexibility index (Phi) is 7.82. The molecule has 0 aromatic heterocycles. The molecule has 3 N–H and O–H groups in total. The Morgan fingerprint density at radius 2 is 1.78 bits per heavy atom. The molecule has 0 atom stereocenters. The van der Waals surface area contributed by atoms with Crippen LogP contribution in [-0.4, -0.2) is 26.9 Å². The molecule has 1 aromatic rings. The van der Waals surface area contributed by atoms with Crippen LogP contribution in [0.4, 0.5) is 13.2 Å². The molecule has 10 heteroatoms. The molecule has 0 spiro atoms. The van der Waals surface area contributed by atoms with Crippen molar-refractivity contribution >= 4 is 22.4 Å². The van der Waals surface area contributed by atoms with Gasteiger partial charge >= 0.3 is 6.36 Å². The summed E-state index contributed by atoms with van der Waals surface area (Å²) in [5.41, 5.74) is 5.29. The molecule has 0 radical (unpaired) electrons. The minimum absolute atomic E-state index is 0. The number of halogens is 4. The van der Waals surface area contributed by atoms with Crippen LogP contribution in [0.2, 0.25) is 0 Å². The minimum Gasteiger partial charge on any atom is -0.406 e. The van der Waals surface area contributed by atoms with Gasteiger partial charge in [0.2, 0.25) is 10.0 Å². The normalized spacial score (nSPS) is 12.6. The minimum atomic E-state index is -4.88. The molecular weight excluding hydrogens is 357 g/mol. The Hall–Kier alpha value is -1.03. The smallest absolute Gasteiger partial charge is 0.406 e. The zero-order valence-corrected chi connectivity index (χ0v) is 14.3. The molecule has 0 amide bonds. The van der Waals surface area contributed by atoms with Crippen molar-refractivity contribution in [2.75, 3.05) is 6.54 Å². The first-order valence-electron chi connectivity index (χ1n) is 6.66. The first kappa shape index (κ1) is 22.0. The molecule has 0 aliphatic rings. The molecule has 0 unspecified atom stereocenters. The van der Waals surface area contributed by atoms with Crippen LogP contribution in [0.1, 0.15) is 26.7 Å². The number of nitrogens with one attached hydrogen (secondary N) is 1. The summed E-state index contributed by atoms with van der Waals surface area (Å²) in [6, 6.07) is 4.19. The van der Waals surface area contributed by atoms with E-state index < -0.39 is 27.7 Å². The maximum absolute atomic E-state index is 12.2. The lowest BCUT2D eigenvalue weighted by molar-refractivity contribution is -0.274. The van der Waals surface area contributed by atoms with Crippen LogP contribution in [0, 0.1) is 0 Å². The second-order valence-corrected chi connectivity index (χ2v) is 6.68. The van der Waals surface area contributed by atoms with E-state index in [2.05, 4.69) is 9.46 Å². The molecule has 1 aromatic carbocycles. The number of hydrogen-bond donors (Lipinski definition) is 2. The standard InChI is InChI=1S/C13H19F3N2O3S.ClH/c1-3-12(17,4-2)9-18-22(19,20)11-7-5-6-10(8-11)21-13(14,15)16;/h5-8,18H,3-4,9,17H2,1-2H3;1H. The average Bonchev–Trinajstić information content (AvgIpc) is 2.43. The lowest BCUT2D eigenvalue weighted by atomic mass is 9.95. The van der Waals surface area contributed by atoms with E-state index in [1.807, 2.05) is 13.8 Å². The zero-order valence-electron chi connectivity index (χ0n) is 12.7. The van der Waals surface area contributed by atoms with Crippen molar-refractivity contribution in [1.82, 2.24) is 4.72 Å². The fraction of sp³-hybridized carbons (Fsp3) is 0.538. The quantitative estimate of drug-likeness (QED) is 0.766. The number of hydrogen-bond acceptors (Lipinski definition) is 4. The van der Waals surface area contributed by atoms with E-state index in [4.69, 9.17) is 5.73 Å². The van der Waals surface area contributed by atoms with Gasteiger partial charge in [-0.05, 0) is 25.0 Å².